The third-order valence-electron chi connectivity index (χ3n) is 3.41. The zero-order valence-corrected chi connectivity index (χ0v) is 12.8. The van der Waals surface area contributed by atoms with Crippen LogP contribution in [0.1, 0.15) is 13.3 Å². The van der Waals surface area contributed by atoms with Crippen molar-refractivity contribution < 1.29 is 14.6 Å². The maximum absolute atomic E-state index is 12.0. The van der Waals surface area contributed by atoms with Crippen LogP contribution in [0.3, 0.4) is 0 Å². The summed E-state index contributed by atoms with van der Waals surface area (Å²) in [5.41, 5.74) is 0.632. The molecule has 6 heteroatoms. The second-order valence-corrected chi connectivity index (χ2v) is 5.70. The molecule has 2 rings (SSSR count). The number of aliphatic hydroxyl groups excluding tert-OH is 1. The number of carbonyl (C=O) groups is 1. The third kappa shape index (κ3) is 4.97. The predicted molar refractivity (Wildman–Crippen MR) is 82.6 cm³/mol. The lowest BCUT2D eigenvalue weighted by Gasteiger charge is -2.35. The number of benzene rings is 1. The van der Waals surface area contributed by atoms with Gasteiger partial charge in [0.2, 0.25) is 5.91 Å². The molecule has 5 nitrogen and oxygen atoms in total. The summed E-state index contributed by atoms with van der Waals surface area (Å²) < 4.78 is 5.57. The molecular weight excluding hydrogens is 292 g/mol. The summed E-state index contributed by atoms with van der Waals surface area (Å²) in [7, 11) is 0. The van der Waals surface area contributed by atoms with Crippen molar-refractivity contribution in [2.24, 2.45) is 0 Å². The van der Waals surface area contributed by atoms with Crippen molar-refractivity contribution in [3.63, 3.8) is 0 Å². The molecule has 1 heterocycles. The van der Waals surface area contributed by atoms with E-state index in [-0.39, 0.29) is 24.7 Å². The molecule has 2 atom stereocenters. The van der Waals surface area contributed by atoms with Gasteiger partial charge in [0, 0.05) is 26.1 Å². The number of ether oxygens (including phenoxy) is 1. The lowest BCUT2D eigenvalue weighted by Crippen LogP contribution is -2.48. The van der Waals surface area contributed by atoms with Crippen molar-refractivity contribution >= 4 is 23.2 Å². The molecule has 116 valence electrons. The summed E-state index contributed by atoms with van der Waals surface area (Å²) in [5.74, 6) is -0.0669. The number of hydrogen-bond acceptors (Lipinski definition) is 4. The van der Waals surface area contributed by atoms with Crippen LogP contribution in [0.25, 0.3) is 0 Å². The molecule has 1 aromatic rings. The van der Waals surface area contributed by atoms with Crippen LogP contribution < -0.4 is 5.32 Å². The maximum Gasteiger partial charge on any atom is 0.225 e. The largest absolute Gasteiger partial charge is 0.394 e. The number of nitrogens with one attached hydrogen (secondary N) is 1. The fraction of sp³-hybridized carbons (Fsp3) is 0.533. The van der Waals surface area contributed by atoms with E-state index in [1.54, 1.807) is 12.1 Å². The zero-order chi connectivity index (χ0) is 15.2. The molecule has 1 aliphatic heterocycles. The number of nitrogens with zero attached hydrogens (tertiary/aromatic N) is 1. The van der Waals surface area contributed by atoms with Crippen molar-refractivity contribution in [1.29, 1.82) is 0 Å². The van der Waals surface area contributed by atoms with Crippen molar-refractivity contribution in [3.05, 3.63) is 29.3 Å². The first kappa shape index (κ1) is 16.2. The van der Waals surface area contributed by atoms with E-state index in [0.29, 0.717) is 30.2 Å². The Morgan fingerprint density at radius 2 is 2.24 bits per heavy atom. The molecule has 1 fully saturated rings. The number of morpholine rings is 1. The molecule has 0 aromatic heterocycles. The summed E-state index contributed by atoms with van der Waals surface area (Å²) in [5, 5.41) is 12.5. The molecule has 1 aliphatic rings. The van der Waals surface area contributed by atoms with Crippen molar-refractivity contribution in [3.8, 4) is 0 Å². The van der Waals surface area contributed by atoms with E-state index in [0.717, 1.165) is 6.54 Å². The summed E-state index contributed by atoms with van der Waals surface area (Å²) in [4.78, 5) is 14.1. The first-order valence-corrected chi connectivity index (χ1v) is 7.49. The second-order valence-electron chi connectivity index (χ2n) is 5.29. The highest BCUT2D eigenvalue weighted by molar-refractivity contribution is 6.33. The monoisotopic (exact) mass is 312 g/mol. The summed E-state index contributed by atoms with van der Waals surface area (Å²) in [6.45, 7) is 4.04. The van der Waals surface area contributed by atoms with Gasteiger partial charge in [-0.1, -0.05) is 23.7 Å². The SMILES string of the molecule is CC1CN(CCC(=O)Nc2ccccc2Cl)CC(CO)O1. The van der Waals surface area contributed by atoms with Gasteiger partial charge in [-0.3, -0.25) is 9.69 Å². The molecule has 0 bridgehead atoms. The van der Waals surface area contributed by atoms with Gasteiger partial charge in [0.1, 0.15) is 0 Å². The quantitative estimate of drug-likeness (QED) is 0.869. The second kappa shape index (κ2) is 7.75. The smallest absolute Gasteiger partial charge is 0.225 e. The standard InChI is InChI=1S/C15H21ClN2O3/c1-11-8-18(9-12(10-19)21-11)7-6-15(20)17-14-5-3-2-4-13(14)16/h2-5,11-12,19H,6-10H2,1H3,(H,17,20). The molecule has 2 unspecified atom stereocenters. The minimum absolute atomic E-state index is 0.00661. The Kier molecular flexibility index (Phi) is 5.99. The molecule has 2 N–H and O–H groups in total. The van der Waals surface area contributed by atoms with Crippen LogP contribution >= 0.6 is 11.6 Å². The summed E-state index contributed by atoms with van der Waals surface area (Å²) in [6.07, 6.45) is 0.290. The lowest BCUT2D eigenvalue weighted by molar-refractivity contribution is -0.118. The fourth-order valence-corrected chi connectivity index (χ4v) is 2.64. The van der Waals surface area contributed by atoms with Gasteiger partial charge in [-0.2, -0.15) is 0 Å². The zero-order valence-electron chi connectivity index (χ0n) is 12.1. The van der Waals surface area contributed by atoms with Gasteiger partial charge < -0.3 is 15.2 Å². The normalized spacial score (nSPS) is 23.0. The number of anilines is 1. The predicted octanol–water partition coefficient (Wildman–Crippen LogP) is 1.75. The van der Waals surface area contributed by atoms with Gasteiger partial charge in [-0.15, -0.1) is 0 Å². The molecular formula is C15H21ClN2O3. The Hall–Kier alpha value is -1.14. The minimum Gasteiger partial charge on any atom is -0.394 e. The molecule has 0 radical (unpaired) electrons. The van der Waals surface area contributed by atoms with Crippen LogP contribution in [0.2, 0.25) is 5.02 Å². The van der Waals surface area contributed by atoms with Crippen LogP contribution in [0, 0.1) is 0 Å². The van der Waals surface area contributed by atoms with E-state index in [1.807, 2.05) is 19.1 Å². The van der Waals surface area contributed by atoms with Gasteiger partial charge in [-0.05, 0) is 19.1 Å². The highest BCUT2D eigenvalue weighted by Crippen LogP contribution is 2.20. The Morgan fingerprint density at radius 1 is 1.48 bits per heavy atom. The highest BCUT2D eigenvalue weighted by Gasteiger charge is 2.24. The minimum atomic E-state index is -0.166. The number of rotatable bonds is 5. The average molecular weight is 313 g/mol. The van der Waals surface area contributed by atoms with E-state index < -0.39 is 0 Å². The van der Waals surface area contributed by atoms with E-state index >= 15 is 0 Å². The number of para-hydroxylation sites is 1. The topological polar surface area (TPSA) is 61.8 Å². The van der Waals surface area contributed by atoms with Crippen LogP contribution in [0.15, 0.2) is 24.3 Å². The van der Waals surface area contributed by atoms with Gasteiger partial charge in [-0.25, -0.2) is 0 Å². The highest BCUT2D eigenvalue weighted by atomic mass is 35.5. The Morgan fingerprint density at radius 3 is 2.95 bits per heavy atom. The number of hydrogen-bond donors (Lipinski definition) is 2. The van der Waals surface area contributed by atoms with E-state index in [4.69, 9.17) is 16.3 Å². The van der Waals surface area contributed by atoms with Crippen LogP contribution in [-0.4, -0.2) is 54.4 Å². The van der Waals surface area contributed by atoms with Crippen molar-refractivity contribution in [2.45, 2.75) is 25.6 Å². The average Bonchev–Trinajstić information content (AvgIpc) is 2.47. The van der Waals surface area contributed by atoms with Gasteiger partial charge in [0.15, 0.2) is 0 Å². The lowest BCUT2D eigenvalue weighted by atomic mass is 10.2. The summed E-state index contributed by atoms with van der Waals surface area (Å²) in [6, 6.07) is 7.17. The fourth-order valence-electron chi connectivity index (χ4n) is 2.46. The van der Waals surface area contributed by atoms with Crippen LogP contribution in [0.4, 0.5) is 5.69 Å². The van der Waals surface area contributed by atoms with E-state index in [2.05, 4.69) is 10.2 Å². The van der Waals surface area contributed by atoms with Gasteiger partial charge >= 0.3 is 0 Å². The maximum atomic E-state index is 12.0. The number of aliphatic hydroxyl groups is 1. The molecule has 1 aromatic carbocycles. The number of amides is 1. The molecule has 21 heavy (non-hydrogen) atoms. The number of carbonyl (C=O) groups excluding carboxylic acids is 1. The third-order valence-corrected chi connectivity index (χ3v) is 3.74. The Labute approximate surface area is 129 Å². The van der Waals surface area contributed by atoms with E-state index in [1.165, 1.54) is 0 Å². The molecule has 0 spiro atoms. The molecule has 1 saturated heterocycles. The Balaban J connectivity index is 1.80. The molecule has 1 amide bonds. The number of halogens is 1. The van der Waals surface area contributed by atoms with E-state index in [9.17, 15) is 9.90 Å². The van der Waals surface area contributed by atoms with Crippen LogP contribution in [0.5, 0.6) is 0 Å². The first-order valence-electron chi connectivity index (χ1n) is 7.11. The first-order chi connectivity index (χ1) is 10.1. The van der Waals surface area contributed by atoms with Crippen molar-refractivity contribution in [2.75, 3.05) is 31.6 Å². The molecule has 0 saturated carbocycles. The Bertz CT molecular complexity index is 484. The molecule has 0 aliphatic carbocycles. The summed E-state index contributed by atoms with van der Waals surface area (Å²) >= 11 is 6.00. The van der Waals surface area contributed by atoms with Gasteiger partial charge in [0.05, 0.1) is 29.5 Å². The van der Waals surface area contributed by atoms with Crippen molar-refractivity contribution in [1.82, 2.24) is 4.90 Å². The van der Waals surface area contributed by atoms with Gasteiger partial charge in [0.25, 0.3) is 0 Å². The van der Waals surface area contributed by atoms with Crippen LogP contribution in [-0.2, 0) is 9.53 Å².